The molecule has 3 rings (SSSR count). The second-order valence-electron chi connectivity index (χ2n) is 6.14. The third-order valence-corrected chi connectivity index (χ3v) is 4.31. The summed E-state index contributed by atoms with van der Waals surface area (Å²) in [5.74, 6) is -0.473. The first-order valence-corrected chi connectivity index (χ1v) is 7.45. The highest BCUT2D eigenvalue weighted by Gasteiger charge is 2.54. The number of nitrogens with zero attached hydrogens (tertiary/aromatic N) is 3. The molecule has 114 valence electrons. The van der Waals surface area contributed by atoms with Gasteiger partial charge in [0.1, 0.15) is 5.60 Å². The third-order valence-electron chi connectivity index (χ3n) is 4.31. The van der Waals surface area contributed by atoms with Gasteiger partial charge in [-0.2, -0.15) is 9.90 Å². The first kappa shape index (κ1) is 14.0. The molecule has 1 aliphatic heterocycles. The molecule has 1 N–H and O–H groups in total. The average molecular weight is 292 g/mol. The smallest absolute Gasteiger partial charge is 0.307 e. The highest BCUT2D eigenvalue weighted by Crippen LogP contribution is 2.45. The lowest BCUT2D eigenvalue weighted by Crippen LogP contribution is -2.39. The number of hydrogen-bond acceptors (Lipinski definition) is 5. The van der Waals surface area contributed by atoms with E-state index >= 15 is 0 Å². The number of nitrogens with one attached hydrogen (secondary N) is 1. The summed E-state index contributed by atoms with van der Waals surface area (Å²) in [4.78, 5) is 25.6. The van der Waals surface area contributed by atoms with Crippen molar-refractivity contribution in [1.82, 2.24) is 15.0 Å². The van der Waals surface area contributed by atoms with Crippen LogP contribution in [0.1, 0.15) is 52.0 Å². The molecule has 0 radical (unpaired) electrons. The van der Waals surface area contributed by atoms with E-state index in [9.17, 15) is 9.59 Å². The van der Waals surface area contributed by atoms with Crippen molar-refractivity contribution in [2.45, 2.75) is 57.6 Å². The maximum Gasteiger partial charge on any atom is 0.307 e. The van der Waals surface area contributed by atoms with Gasteiger partial charge < -0.3 is 10.1 Å². The Balaban J connectivity index is 1.73. The molecule has 1 spiro atoms. The Bertz CT molecular complexity index is 560. The summed E-state index contributed by atoms with van der Waals surface area (Å²) in [5.41, 5.74) is -0.588. The molecule has 2 heterocycles. The van der Waals surface area contributed by atoms with Crippen LogP contribution in [-0.2, 0) is 14.3 Å². The number of anilines is 1. The Hall–Kier alpha value is -1.92. The third kappa shape index (κ3) is 2.52. The highest BCUT2D eigenvalue weighted by molar-refractivity contribution is 5.96. The molecule has 1 saturated heterocycles. The molecule has 1 unspecified atom stereocenters. The molecular formula is C14H20N4O3. The van der Waals surface area contributed by atoms with Gasteiger partial charge in [0.15, 0.2) is 5.82 Å². The second-order valence-corrected chi connectivity index (χ2v) is 6.14. The maximum absolute atomic E-state index is 12.5. The van der Waals surface area contributed by atoms with Gasteiger partial charge in [-0.3, -0.25) is 9.59 Å². The van der Waals surface area contributed by atoms with Gasteiger partial charge in [-0.25, -0.2) is 0 Å². The zero-order chi connectivity index (χ0) is 15.0. The minimum absolute atomic E-state index is 0.133. The van der Waals surface area contributed by atoms with E-state index in [1.54, 1.807) is 0 Å². The second kappa shape index (κ2) is 5.13. The fourth-order valence-corrected chi connectivity index (χ4v) is 3.24. The zero-order valence-electron chi connectivity index (χ0n) is 12.3. The van der Waals surface area contributed by atoms with Crippen LogP contribution >= 0.6 is 0 Å². The van der Waals surface area contributed by atoms with Gasteiger partial charge >= 0.3 is 5.97 Å². The van der Waals surface area contributed by atoms with Crippen LogP contribution in [0.15, 0.2) is 6.20 Å². The van der Waals surface area contributed by atoms with Crippen molar-refractivity contribution in [2.75, 3.05) is 5.32 Å². The van der Waals surface area contributed by atoms with Crippen LogP contribution in [-0.4, -0.2) is 32.5 Å². The Labute approximate surface area is 123 Å². The van der Waals surface area contributed by atoms with Crippen molar-refractivity contribution in [2.24, 2.45) is 5.92 Å². The average Bonchev–Trinajstić information content (AvgIpc) is 3.11. The lowest BCUT2D eigenvalue weighted by molar-refractivity contribution is -0.149. The first-order chi connectivity index (χ1) is 10.00. The molecule has 2 fully saturated rings. The summed E-state index contributed by atoms with van der Waals surface area (Å²) in [6.07, 6.45) is 5.23. The Morgan fingerprint density at radius 1 is 1.48 bits per heavy atom. The molecular weight excluding hydrogens is 272 g/mol. The van der Waals surface area contributed by atoms with Crippen LogP contribution in [0.2, 0.25) is 0 Å². The van der Waals surface area contributed by atoms with Gasteiger partial charge in [0.25, 0.3) is 0 Å². The van der Waals surface area contributed by atoms with Crippen LogP contribution in [0, 0.1) is 5.92 Å². The first-order valence-electron chi connectivity index (χ1n) is 7.45. The van der Waals surface area contributed by atoms with E-state index in [4.69, 9.17) is 4.74 Å². The van der Waals surface area contributed by atoms with Crippen LogP contribution in [0.4, 0.5) is 5.82 Å². The van der Waals surface area contributed by atoms with Crippen LogP contribution in [0.5, 0.6) is 0 Å². The molecule has 1 saturated carbocycles. The Morgan fingerprint density at radius 2 is 2.19 bits per heavy atom. The predicted molar refractivity (Wildman–Crippen MR) is 74.4 cm³/mol. The highest BCUT2D eigenvalue weighted by atomic mass is 16.6. The Kier molecular flexibility index (Phi) is 3.43. The van der Waals surface area contributed by atoms with Crippen molar-refractivity contribution in [3.8, 4) is 0 Å². The molecule has 1 aliphatic carbocycles. The number of rotatable bonds is 3. The van der Waals surface area contributed by atoms with Crippen LogP contribution < -0.4 is 5.32 Å². The summed E-state index contributed by atoms with van der Waals surface area (Å²) in [6, 6.07) is 0.133. The summed E-state index contributed by atoms with van der Waals surface area (Å²) in [6.45, 7) is 3.92. The molecule has 1 atom stereocenters. The molecule has 0 aromatic carbocycles. The van der Waals surface area contributed by atoms with Gasteiger partial charge in [-0.05, 0) is 39.5 Å². The molecule has 21 heavy (non-hydrogen) atoms. The van der Waals surface area contributed by atoms with Crippen molar-refractivity contribution >= 4 is 17.7 Å². The van der Waals surface area contributed by atoms with Crippen molar-refractivity contribution in [3.05, 3.63) is 6.20 Å². The minimum Gasteiger partial charge on any atom is -0.458 e. The number of amides is 1. The van der Waals surface area contributed by atoms with Crippen LogP contribution in [0.3, 0.4) is 0 Å². The van der Waals surface area contributed by atoms with Gasteiger partial charge in [-0.1, -0.05) is 0 Å². The number of esters is 1. The topological polar surface area (TPSA) is 86.1 Å². The summed E-state index contributed by atoms with van der Waals surface area (Å²) in [5, 5.41) is 11.1. The summed E-state index contributed by atoms with van der Waals surface area (Å²) < 4.78 is 5.48. The summed E-state index contributed by atoms with van der Waals surface area (Å²) in [7, 11) is 0. The SMILES string of the molecule is CC(C)n1ncc(NC(=O)C2CC(=O)OC23CCCC3)n1. The fraction of sp³-hybridized carbons (Fsp3) is 0.714. The lowest BCUT2D eigenvalue weighted by Gasteiger charge is -2.27. The van der Waals surface area contributed by atoms with E-state index in [0.29, 0.717) is 5.82 Å². The van der Waals surface area contributed by atoms with Gasteiger partial charge in [-0.15, -0.1) is 5.10 Å². The lowest BCUT2D eigenvalue weighted by atomic mass is 9.85. The molecule has 0 bridgehead atoms. The predicted octanol–water partition coefficient (Wildman–Crippen LogP) is 1.67. The van der Waals surface area contributed by atoms with Crippen molar-refractivity contribution < 1.29 is 14.3 Å². The van der Waals surface area contributed by atoms with Gasteiger partial charge in [0.05, 0.1) is 24.6 Å². The molecule has 1 aromatic heterocycles. The zero-order valence-corrected chi connectivity index (χ0v) is 12.3. The van der Waals surface area contributed by atoms with Crippen LogP contribution in [0.25, 0.3) is 0 Å². The summed E-state index contributed by atoms with van der Waals surface area (Å²) >= 11 is 0. The largest absolute Gasteiger partial charge is 0.458 e. The minimum atomic E-state index is -0.588. The molecule has 1 aromatic rings. The number of carbonyl (C=O) groups excluding carboxylic acids is 2. The van der Waals surface area contributed by atoms with Gasteiger partial charge in [0, 0.05) is 0 Å². The van der Waals surface area contributed by atoms with E-state index in [1.807, 2.05) is 13.8 Å². The molecule has 7 nitrogen and oxygen atoms in total. The van der Waals surface area contributed by atoms with Crippen molar-refractivity contribution in [3.63, 3.8) is 0 Å². The quantitative estimate of drug-likeness (QED) is 0.856. The number of ether oxygens (including phenoxy) is 1. The molecule has 7 heteroatoms. The normalized spacial score (nSPS) is 23.8. The van der Waals surface area contributed by atoms with E-state index in [-0.39, 0.29) is 24.3 Å². The maximum atomic E-state index is 12.5. The Morgan fingerprint density at radius 3 is 2.81 bits per heavy atom. The standard InChI is InChI=1S/C14H20N4O3/c1-9(2)18-15-8-11(17-18)16-13(20)10-7-12(19)21-14(10)5-3-4-6-14/h8-10H,3-7H2,1-2H3,(H,16,17,20). The van der Waals surface area contributed by atoms with Gasteiger partial charge in [0.2, 0.25) is 5.91 Å². The monoisotopic (exact) mass is 292 g/mol. The van der Waals surface area contributed by atoms with E-state index in [1.165, 1.54) is 11.0 Å². The number of hydrogen-bond donors (Lipinski definition) is 1. The van der Waals surface area contributed by atoms with E-state index in [0.717, 1.165) is 25.7 Å². The number of carbonyl (C=O) groups is 2. The van der Waals surface area contributed by atoms with E-state index in [2.05, 4.69) is 15.5 Å². The molecule has 1 amide bonds. The fourth-order valence-electron chi connectivity index (χ4n) is 3.24. The van der Waals surface area contributed by atoms with Crippen molar-refractivity contribution in [1.29, 1.82) is 0 Å². The number of aromatic nitrogens is 3. The van der Waals surface area contributed by atoms with E-state index < -0.39 is 11.5 Å². The molecule has 2 aliphatic rings.